The van der Waals surface area contributed by atoms with Crippen molar-refractivity contribution in [3.8, 4) is 0 Å². The van der Waals surface area contributed by atoms with Crippen LogP contribution in [0.25, 0.3) is 0 Å². The number of sulfonamides is 1. The minimum absolute atomic E-state index is 0.0526. The van der Waals surface area contributed by atoms with E-state index >= 15 is 0 Å². The minimum Gasteiger partial charge on any atom is -0.312 e. The lowest BCUT2D eigenvalue weighted by Crippen LogP contribution is -2.37. The zero-order valence-electron chi connectivity index (χ0n) is 11.5. The van der Waals surface area contributed by atoms with E-state index in [2.05, 4.69) is 10.0 Å². The van der Waals surface area contributed by atoms with Crippen molar-refractivity contribution in [3.05, 3.63) is 29.3 Å². The molecule has 2 aliphatic rings. The van der Waals surface area contributed by atoms with E-state index in [4.69, 9.17) is 0 Å². The van der Waals surface area contributed by atoms with Crippen LogP contribution in [-0.4, -0.2) is 40.9 Å². The largest absolute Gasteiger partial charge is 0.312 e. The maximum absolute atomic E-state index is 12.5. The third-order valence-corrected chi connectivity index (χ3v) is 7.31. The van der Waals surface area contributed by atoms with Crippen molar-refractivity contribution in [1.82, 2.24) is 10.0 Å². The van der Waals surface area contributed by atoms with Gasteiger partial charge in [0, 0.05) is 12.6 Å². The number of hydrogen-bond acceptors (Lipinski definition) is 5. The third kappa shape index (κ3) is 3.13. The van der Waals surface area contributed by atoms with Crippen LogP contribution in [0.4, 0.5) is 0 Å². The van der Waals surface area contributed by atoms with Crippen LogP contribution >= 0.6 is 0 Å². The predicted octanol–water partition coefficient (Wildman–Crippen LogP) is -0.202. The smallest absolute Gasteiger partial charge is 0.241 e. The van der Waals surface area contributed by atoms with Crippen LogP contribution in [0.5, 0.6) is 0 Å². The fourth-order valence-electron chi connectivity index (χ4n) is 2.92. The Kier molecular flexibility index (Phi) is 3.81. The second-order valence-electron chi connectivity index (χ2n) is 5.54. The summed E-state index contributed by atoms with van der Waals surface area (Å²) in [4.78, 5) is 0.283. The molecule has 2 heterocycles. The van der Waals surface area contributed by atoms with Gasteiger partial charge >= 0.3 is 0 Å². The van der Waals surface area contributed by atoms with Gasteiger partial charge in [-0.2, -0.15) is 0 Å². The Morgan fingerprint density at radius 1 is 1.29 bits per heavy atom. The highest BCUT2D eigenvalue weighted by molar-refractivity contribution is 7.92. The second-order valence-corrected chi connectivity index (χ2v) is 9.45. The highest BCUT2D eigenvalue weighted by Gasteiger charge is 2.32. The quantitative estimate of drug-likeness (QED) is 0.801. The molecule has 1 saturated heterocycles. The highest BCUT2D eigenvalue weighted by atomic mass is 32.2. The lowest BCUT2D eigenvalue weighted by atomic mass is 10.0. The van der Waals surface area contributed by atoms with Crippen molar-refractivity contribution in [2.45, 2.75) is 30.3 Å². The summed E-state index contributed by atoms with van der Waals surface area (Å²) in [5, 5.41) is 3.21. The molecule has 2 N–H and O–H groups in total. The fourth-order valence-corrected chi connectivity index (χ4v) is 6.28. The number of nitrogens with one attached hydrogen (secondary N) is 2. The number of fused-ring (bicyclic) bond motifs is 1. The van der Waals surface area contributed by atoms with Gasteiger partial charge in [0.25, 0.3) is 0 Å². The predicted molar refractivity (Wildman–Crippen MR) is 79.2 cm³/mol. The van der Waals surface area contributed by atoms with Crippen LogP contribution in [-0.2, 0) is 32.8 Å². The lowest BCUT2D eigenvalue weighted by Gasteiger charge is -2.21. The van der Waals surface area contributed by atoms with Gasteiger partial charge in [0.1, 0.15) is 0 Å². The Labute approximate surface area is 124 Å². The van der Waals surface area contributed by atoms with Crippen molar-refractivity contribution < 1.29 is 16.8 Å². The molecule has 1 aromatic rings. The summed E-state index contributed by atoms with van der Waals surface area (Å²) in [6, 6.07) is 4.72. The van der Waals surface area contributed by atoms with E-state index in [1.807, 2.05) is 6.07 Å². The first-order valence-corrected chi connectivity index (χ1v) is 10.2. The lowest BCUT2D eigenvalue weighted by molar-refractivity contribution is 0.558. The SMILES string of the molecule is O=S1(=O)CCC(NS(=O)(=O)c2cccc3c2CCNC3)C1. The van der Waals surface area contributed by atoms with E-state index in [1.54, 1.807) is 12.1 Å². The molecule has 0 aliphatic carbocycles. The molecule has 0 radical (unpaired) electrons. The minimum atomic E-state index is -3.68. The average Bonchev–Trinajstić information content (AvgIpc) is 2.76. The Bertz CT molecular complexity index is 756. The van der Waals surface area contributed by atoms with Crippen LogP contribution in [0, 0.1) is 0 Å². The Morgan fingerprint density at radius 2 is 2.10 bits per heavy atom. The van der Waals surface area contributed by atoms with Gasteiger partial charge < -0.3 is 5.32 Å². The van der Waals surface area contributed by atoms with Crippen molar-refractivity contribution in [2.24, 2.45) is 0 Å². The summed E-state index contributed by atoms with van der Waals surface area (Å²) in [5.74, 6) is -0.0557. The zero-order chi connectivity index (χ0) is 15.1. The van der Waals surface area contributed by atoms with Crippen molar-refractivity contribution in [2.75, 3.05) is 18.1 Å². The molecule has 0 bridgehead atoms. The van der Waals surface area contributed by atoms with Gasteiger partial charge in [0.15, 0.2) is 9.84 Å². The molecule has 2 aliphatic heterocycles. The molecule has 0 aromatic heterocycles. The summed E-state index contributed by atoms with van der Waals surface area (Å²) in [6.07, 6.45) is 1.01. The van der Waals surface area contributed by atoms with Gasteiger partial charge in [-0.25, -0.2) is 21.6 Å². The average molecular weight is 330 g/mol. The van der Waals surface area contributed by atoms with E-state index in [9.17, 15) is 16.8 Å². The highest BCUT2D eigenvalue weighted by Crippen LogP contribution is 2.24. The van der Waals surface area contributed by atoms with E-state index in [0.29, 0.717) is 19.4 Å². The van der Waals surface area contributed by atoms with Crippen LogP contribution in [0.15, 0.2) is 23.1 Å². The number of hydrogen-bond donors (Lipinski definition) is 2. The van der Waals surface area contributed by atoms with E-state index in [-0.39, 0.29) is 16.4 Å². The van der Waals surface area contributed by atoms with Crippen LogP contribution in [0.3, 0.4) is 0 Å². The Hall–Kier alpha value is -0.960. The molecule has 1 fully saturated rings. The molecule has 0 saturated carbocycles. The summed E-state index contributed by atoms with van der Waals surface area (Å²) in [6.45, 7) is 1.41. The van der Waals surface area contributed by atoms with E-state index in [1.165, 1.54) is 0 Å². The Balaban J connectivity index is 1.89. The summed E-state index contributed by atoms with van der Waals surface area (Å²) in [7, 11) is -6.78. The second kappa shape index (κ2) is 5.35. The first-order chi connectivity index (χ1) is 9.87. The van der Waals surface area contributed by atoms with Crippen molar-refractivity contribution in [3.63, 3.8) is 0 Å². The van der Waals surface area contributed by atoms with Gasteiger partial charge in [-0.15, -0.1) is 0 Å². The maximum Gasteiger partial charge on any atom is 0.241 e. The van der Waals surface area contributed by atoms with Gasteiger partial charge in [0.05, 0.1) is 16.4 Å². The van der Waals surface area contributed by atoms with Crippen LogP contribution in [0.2, 0.25) is 0 Å². The molecule has 1 aromatic carbocycles. The monoisotopic (exact) mass is 330 g/mol. The first kappa shape index (κ1) is 15.0. The van der Waals surface area contributed by atoms with Gasteiger partial charge in [-0.05, 0) is 36.6 Å². The summed E-state index contributed by atoms with van der Waals surface area (Å²) >= 11 is 0. The molecule has 0 spiro atoms. The maximum atomic E-state index is 12.5. The molecular weight excluding hydrogens is 312 g/mol. The zero-order valence-corrected chi connectivity index (χ0v) is 13.1. The molecule has 1 atom stereocenters. The molecule has 6 nitrogen and oxygen atoms in total. The third-order valence-electron chi connectivity index (χ3n) is 3.94. The molecule has 8 heteroatoms. The first-order valence-electron chi connectivity index (χ1n) is 6.92. The molecule has 116 valence electrons. The van der Waals surface area contributed by atoms with Gasteiger partial charge in [0.2, 0.25) is 10.0 Å². The van der Waals surface area contributed by atoms with Crippen molar-refractivity contribution in [1.29, 1.82) is 0 Å². The van der Waals surface area contributed by atoms with Crippen LogP contribution < -0.4 is 10.0 Å². The normalized spacial score (nSPS) is 24.7. The van der Waals surface area contributed by atoms with Crippen molar-refractivity contribution >= 4 is 19.9 Å². The number of benzene rings is 1. The molecule has 0 amide bonds. The molecule has 1 unspecified atom stereocenters. The topological polar surface area (TPSA) is 92.3 Å². The van der Waals surface area contributed by atoms with Crippen LogP contribution in [0.1, 0.15) is 17.5 Å². The number of rotatable bonds is 3. The van der Waals surface area contributed by atoms with Gasteiger partial charge in [-0.3, -0.25) is 0 Å². The molecule has 3 rings (SSSR count). The van der Waals surface area contributed by atoms with E-state index in [0.717, 1.165) is 17.7 Å². The molecular formula is C13H18N2O4S2. The Morgan fingerprint density at radius 3 is 2.81 bits per heavy atom. The van der Waals surface area contributed by atoms with Gasteiger partial charge in [-0.1, -0.05) is 12.1 Å². The standard InChI is InChI=1S/C13H18N2O4S2/c16-20(17)7-5-11(9-20)15-21(18,19)13-3-1-2-10-8-14-6-4-12(10)13/h1-3,11,14-15H,4-9H2. The number of sulfone groups is 1. The summed E-state index contributed by atoms with van der Waals surface area (Å²) < 4.78 is 50.5. The fraction of sp³-hybridized carbons (Fsp3) is 0.538. The van der Waals surface area contributed by atoms with E-state index < -0.39 is 25.9 Å². The molecule has 21 heavy (non-hydrogen) atoms. The summed E-state index contributed by atoms with van der Waals surface area (Å²) in [5.41, 5.74) is 1.83.